The van der Waals surface area contributed by atoms with Crippen LogP contribution in [0, 0.1) is 5.82 Å². The number of aromatic nitrogens is 4. The Morgan fingerprint density at radius 2 is 2.18 bits per heavy atom. The van der Waals surface area contributed by atoms with Gasteiger partial charge in [0.1, 0.15) is 4.75 Å². The molecule has 0 bridgehead atoms. The molecule has 38 heavy (non-hydrogen) atoms. The second kappa shape index (κ2) is 10.3. The number of aliphatic hydroxyl groups is 1. The average molecular weight is 578 g/mol. The van der Waals surface area contributed by atoms with Gasteiger partial charge in [-0.05, 0) is 69.6 Å². The molecule has 0 aliphatic heterocycles. The summed E-state index contributed by atoms with van der Waals surface area (Å²) in [6, 6.07) is 3.28. The third-order valence-corrected chi connectivity index (χ3v) is 10.5. The summed E-state index contributed by atoms with van der Waals surface area (Å²) in [4.78, 5) is 13.0. The molecule has 8 nitrogen and oxygen atoms in total. The van der Waals surface area contributed by atoms with E-state index in [4.69, 9.17) is 11.6 Å². The lowest BCUT2D eigenvalue weighted by Gasteiger charge is -2.37. The number of anilines is 1. The number of halogens is 2. The summed E-state index contributed by atoms with van der Waals surface area (Å²) in [5.74, 6) is 0.167. The van der Waals surface area contributed by atoms with Crippen LogP contribution in [0.1, 0.15) is 39.0 Å². The molecule has 1 unspecified atom stereocenters. The number of fused-ring (bicyclic) bond motifs is 1. The highest BCUT2D eigenvalue weighted by Gasteiger charge is 2.41. The number of hydrogen-bond donors (Lipinski definition) is 2. The number of hydrogen-bond acceptors (Lipinski definition) is 8. The lowest BCUT2D eigenvalue weighted by atomic mass is 9.83. The Morgan fingerprint density at radius 3 is 2.95 bits per heavy atom. The standard InChI is InChI=1S/C26H29ClFN5O3S2/c1-25(9-3-6-17(27)12-25)38(35,36)33-15-20(19-8-5-11-29-24(19)33)22-30-14-21(28)23(32-22)31-18-7-4-10-26(34,13-18)16-37-2/h3,5-6,8,11-12,14-15,18,34H,4,7,9-10,13,16H2,1-2H3,(H,30,31,32)/t18-,25?,26+/m0/s1. The quantitative estimate of drug-likeness (QED) is 0.399. The number of pyridine rings is 1. The lowest BCUT2D eigenvalue weighted by molar-refractivity contribution is 0.0229. The predicted molar refractivity (Wildman–Crippen MR) is 150 cm³/mol. The topological polar surface area (TPSA) is 110 Å². The zero-order chi connectivity index (χ0) is 27.1. The van der Waals surface area contributed by atoms with Crippen LogP contribution in [0.25, 0.3) is 22.4 Å². The van der Waals surface area contributed by atoms with Crippen molar-refractivity contribution in [3.05, 3.63) is 59.8 Å². The first kappa shape index (κ1) is 27.1. The first-order valence-corrected chi connectivity index (χ1v) is 15.5. The molecule has 2 N–H and O–H groups in total. The van der Waals surface area contributed by atoms with E-state index in [1.54, 1.807) is 43.0 Å². The average Bonchev–Trinajstić information content (AvgIpc) is 3.26. The van der Waals surface area contributed by atoms with Gasteiger partial charge in [0.25, 0.3) is 0 Å². The molecule has 1 saturated carbocycles. The number of rotatable bonds is 7. The molecule has 0 amide bonds. The van der Waals surface area contributed by atoms with E-state index in [1.165, 1.54) is 18.5 Å². The summed E-state index contributed by atoms with van der Waals surface area (Å²) >= 11 is 7.75. The molecule has 3 heterocycles. The van der Waals surface area contributed by atoms with Gasteiger partial charge in [-0.25, -0.2) is 31.7 Å². The highest BCUT2D eigenvalue weighted by atomic mass is 35.5. The minimum Gasteiger partial charge on any atom is -0.389 e. The fraction of sp³-hybridized carbons (Fsp3) is 0.423. The van der Waals surface area contributed by atoms with Crippen molar-refractivity contribution in [1.82, 2.24) is 18.9 Å². The summed E-state index contributed by atoms with van der Waals surface area (Å²) in [7, 11) is -4.00. The third kappa shape index (κ3) is 4.97. The summed E-state index contributed by atoms with van der Waals surface area (Å²) in [5, 5.41) is 14.9. The van der Waals surface area contributed by atoms with Gasteiger partial charge in [0.15, 0.2) is 23.1 Å². The Bertz CT molecular complexity index is 1540. The molecule has 0 saturated heterocycles. The maximum atomic E-state index is 14.8. The van der Waals surface area contributed by atoms with Gasteiger partial charge in [-0.3, -0.25) is 0 Å². The molecule has 1 fully saturated rings. The van der Waals surface area contributed by atoms with Gasteiger partial charge >= 0.3 is 0 Å². The summed E-state index contributed by atoms with van der Waals surface area (Å²) < 4.78 is 42.4. The Hall–Kier alpha value is -2.47. The first-order valence-electron chi connectivity index (χ1n) is 12.3. The van der Waals surface area contributed by atoms with Crippen LogP contribution in [0.3, 0.4) is 0 Å². The first-order chi connectivity index (χ1) is 18.1. The van der Waals surface area contributed by atoms with E-state index in [0.717, 1.165) is 23.0 Å². The molecule has 3 atom stereocenters. The molecule has 2 aliphatic rings. The zero-order valence-electron chi connectivity index (χ0n) is 21.1. The summed E-state index contributed by atoms with van der Waals surface area (Å²) in [6.45, 7) is 1.61. The number of allylic oxidation sites excluding steroid dienone is 3. The zero-order valence-corrected chi connectivity index (χ0v) is 23.5. The van der Waals surface area contributed by atoms with Gasteiger partial charge in [0.2, 0.25) is 10.0 Å². The van der Waals surface area contributed by atoms with Crippen LogP contribution in [0.15, 0.2) is 54.0 Å². The van der Waals surface area contributed by atoms with Crippen molar-refractivity contribution in [2.24, 2.45) is 0 Å². The SMILES string of the molecule is CSC[C@@]1(O)CCC[C@H](Nc2nc(-c3cn(S(=O)(=O)C4(C)C=C(Cl)C=CC4)c4ncccc34)ncc2F)C1. The van der Waals surface area contributed by atoms with E-state index < -0.39 is 26.2 Å². The van der Waals surface area contributed by atoms with Gasteiger partial charge < -0.3 is 10.4 Å². The second-order valence-corrected chi connectivity index (χ2v) is 13.7. The monoisotopic (exact) mass is 577 g/mol. The fourth-order valence-electron chi connectivity index (χ4n) is 5.26. The molecule has 12 heteroatoms. The van der Waals surface area contributed by atoms with Crippen LogP contribution < -0.4 is 5.32 Å². The number of thioether (sulfide) groups is 1. The van der Waals surface area contributed by atoms with E-state index in [-0.39, 0.29) is 29.8 Å². The van der Waals surface area contributed by atoms with E-state index >= 15 is 0 Å². The summed E-state index contributed by atoms with van der Waals surface area (Å²) in [5.41, 5.74) is -0.177. The fourth-order valence-corrected chi connectivity index (χ4v) is 8.10. The Morgan fingerprint density at radius 1 is 1.37 bits per heavy atom. The van der Waals surface area contributed by atoms with Gasteiger partial charge in [-0.2, -0.15) is 11.8 Å². The van der Waals surface area contributed by atoms with Crippen LogP contribution in [0.2, 0.25) is 0 Å². The molecule has 0 aromatic carbocycles. The molecule has 3 aromatic rings. The van der Waals surface area contributed by atoms with Gasteiger partial charge in [-0.1, -0.05) is 17.7 Å². The Balaban J connectivity index is 1.54. The molecule has 3 aromatic heterocycles. The maximum Gasteiger partial charge on any atom is 0.249 e. The van der Waals surface area contributed by atoms with Crippen molar-refractivity contribution in [1.29, 1.82) is 0 Å². The van der Waals surface area contributed by atoms with Crippen LogP contribution in [0.5, 0.6) is 0 Å². The van der Waals surface area contributed by atoms with E-state index in [2.05, 4.69) is 20.3 Å². The lowest BCUT2D eigenvalue weighted by Crippen LogP contribution is -2.42. The second-order valence-electron chi connectivity index (χ2n) is 10.2. The Kier molecular flexibility index (Phi) is 7.32. The maximum absolute atomic E-state index is 14.8. The number of nitrogens with zero attached hydrogens (tertiary/aromatic N) is 4. The molecule has 0 radical (unpaired) electrons. The van der Waals surface area contributed by atoms with Crippen LogP contribution in [-0.2, 0) is 10.0 Å². The molecule has 202 valence electrons. The highest BCUT2D eigenvalue weighted by Crippen LogP contribution is 2.37. The third-order valence-electron chi connectivity index (χ3n) is 7.18. The normalized spacial score (nSPS) is 25.9. The van der Waals surface area contributed by atoms with Crippen molar-refractivity contribution in [2.75, 3.05) is 17.3 Å². The van der Waals surface area contributed by atoms with Crippen molar-refractivity contribution in [3.63, 3.8) is 0 Å². The van der Waals surface area contributed by atoms with Crippen molar-refractivity contribution in [2.45, 2.75) is 55.4 Å². The van der Waals surface area contributed by atoms with Crippen molar-refractivity contribution in [3.8, 4) is 11.4 Å². The minimum atomic E-state index is -4.00. The van der Waals surface area contributed by atoms with E-state index in [1.807, 2.05) is 6.26 Å². The highest BCUT2D eigenvalue weighted by molar-refractivity contribution is 7.98. The molecule has 2 aliphatic carbocycles. The summed E-state index contributed by atoms with van der Waals surface area (Å²) in [6.07, 6.45) is 13.9. The predicted octanol–water partition coefficient (Wildman–Crippen LogP) is 5.10. The van der Waals surface area contributed by atoms with Crippen LogP contribution >= 0.6 is 23.4 Å². The molecule has 0 spiro atoms. The van der Waals surface area contributed by atoms with Gasteiger partial charge in [0, 0.05) is 40.2 Å². The molecular formula is C26H29ClFN5O3S2. The smallest absolute Gasteiger partial charge is 0.249 e. The van der Waals surface area contributed by atoms with Gasteiger partial charge in [0.05, 0.1) is 11.8 Å². The molecular weight excluding hydrogens is 549 g/mol. The van der Waals surface area contributed by atoms with Crippen molar-refractivity contribution >= 4 is 50.2 Å². The molecule has 5 rings (SSSR count). The van der Waals surface area contributed by atoms with Crippen molar-refractivity contribution < 1.29 is 17.9 Å². The Labute approximate surface area is 230 Å². The van der Waals surface area contributed by atoms with E-state index in [9.17, 15) is 17.9 Å². The van der Waals surface area contributed by atoms with Crippen LogP contribution in [-0.4, -0.2) is 60.8 Å². The minimum absolute atomic E-state index is 0.0140. The van der Waals surface area contributed by atoms with Gasteiger partial charge in [-0.15, -0.1) is 0 Å². The number of nitrogens with one attached hydrogen (secondary N) is 1. The van der Waals surface area contributed by atoms with E-state index in [0.29, 0.717) is 34.6 Å². The van der Waals surface area contributed by atoms with Crippen LogP contribution in [0.4, 0.5) is 10.2 Å². The largest absolute Gasteiger partial charge is 0.389 e.